The van der Waals surface area contributed by atoms with Crippen LogP contribution in [-0.2, 0) is 0 Å². The highest BCUT2D eigenvalue weighted by Gasteiger charge is 2.13. The maximum absolute atomic E-state index is 5.99. The van der Waals surface area contributed by atoms with Gasteiger partial charge in [-0.3, -0.25) is 0 Å². The topological polar surface area (TPSA) is 37.8 Å². The summed E-state index contributed by atoms with van der Waals surface area (Å²) in [5.74, 6) is 0. The number of rotatable bonds is 2. The third kappa shape index (κ3) is 4.00. The lowest BCUT2D eigenvalue weighted by Crippen LogP contribution is -2.21. The first-order valence-corrected chi connectivity index (χ1v) is 6.96. The largest absolute Gasteiger partial charge is 0.380 e. The molecule has 1 aliphatic carbocycles. The van der Waals surface area contributed by atoms with Crippen molar-refractivity contribution in [1.82, 2.24) is 10.2 Å². The average molecular weight is 274 g/mol. The third-order valence-electron chi connectivity index (χ3n) is 3.18. The lowest BCUT2D eigenvalue weighted by molar-refractivity contribution is 0.471. The van der Waals surface area contributed by atoms with Gasteiger partial charge in [-0.1, -0.05) is 55.3 Å². The van der Waals surface area contributed by atoms with Gasteiger partial charge in [-0.25, -0.2) is 0 Å². The van der Waals surface area contributed by atoms with E-state index >= 15 is 0 Å². The van der Waals surface area contributed by atoms with E-state index in [1.165, 1.54) is 44.9 Å². The lowest BCUT2D eigenvalue weighted by atomic mass is 9.96. The Labute approximate surface area is 112 Å². The number of nitrogens with one attached hydrogen (secondary N) is 1. The fourth-order valence-corrected chi connectivity index (χ4v) is 2.57. The summed E-state index contributed by atoms with van der Waals surface area (Å²) in [5, 5.41) is 11.7. The van der Waals surface area contributed by atoms with Crippen LogP contribution < -0.4 is 5.32 Å². The predicted molar refractivity (Wildman–Crippen MR) is 71.8 cm³/mol. The first-order valence-electron chi connectivity index (χ1n) is 6.21. The molecule has 0 amide bonds. The molecule has 0 atom stereocenters. The van der Waals surface area contributed by atoms with Gasteiger partial charge in [-0.15, -0.1) is 10.2 Å². The molecular weight excluding hydrogens is 257 g/mol. The molecule has 2 rings (SSSR count). The number of hydrogen-bond donors (Lipinski definition) is 1. The molecule has 1 N–H and O–H groups in total. The van der Waals surface area contributed by atoms with E-state index in [0.29, 0.717) is 16.3 Å². The van der Waals surface area contributed by atoms with Gasteiger partial charge in [0, 0.05) is 12.1 Å². The van der Waals surface area contributed by atoms with Crippen molar-refractivity contribution in [2.45, 2.75) is 51.0 Å². The quantitative estimate of drug-likeness (QED) is 0.873. The number of aromatic nitrogens is 2. The van der Waals surface area contributed by atoms with E-state index in [9.17, 15) is 0 Å². The Hall–Kier alpha value is -0.540. The van der Waals surface area contributed by atoms with Crippen LogP contribution in [0.2, 0.25) is 10.3 Å². The summed E-state index contributed by atoms with van der Waals surface area (Å²) in [4.78, 5) is 0. The van der Waals surface area contributed by atoms with Crippen LogP contribution >= 0.6 is 23.2 Å². The maximum atomic E-state index is 5.99. The van der Waals surface area contributed by atoms with Gasteiger partial charge in [0.05, 0.1) is 5.69 Å². The van der Waals surface area contributed by atoms with Crippen molar-refractivity contribution in [2.75, 3.05) is 5.32 Å². The van der Waals surface area contributed by atoms with Crippen LogP contribution in [0.15, 0.2) is 6.07 Å². The zero-order chi connectivity index (χ0) is 12.1. The van der Waals surface area contributed by atoms with Crippen molar-refractivity contribution in [3.8, 4) is 0 Å². The molecule has 1 fully saturated rings. The van der Waals surface area contributed by atoms with Crippen LogP contribution in [0.5, 0.6) is 0 Å². The van der Waals surface area contributed by atoms with Gasteiger partial charge >= 0.3 is 0 Å². The summed E-state index contributed by atoms with van der Waals surface area (Å²) < 4.78 is 0. The smallest absolute Gasteiger partial charge is 0.174 e. The van der Waals surface area contributed by atoms with Crippen molar-refractivity contribution in [2.24, 2.45) is 0 Å². The minimum Gasteiger partial charge on any atom is -0.380 e. The summed E-state index contributed by atoms with van der Waals surface area (Å²) in [5.41, 5.74) is 0.803. The number of nitrogens with zero attached hydrogens (tertiary/aromatic N) is 2. The van der Waals surface area contributed by atoms with Crippen LogP contribution in [0.4, 0.5) is 5.69 Å². The Morgan fingerprint density at radius 1 is 1.00 bits per heavy atom. The highest BCUT2D eigenvalue weighted by atomic mass is 35.5. The maximum Gasteiger partial charge on any atom is 0.174 e. The molecule has 1 aliphatic rings. The second kappa shape index (κ2) is 6.41. The van der Waals surface area contributed by atoms with E-state index in [1.807, 2.05) is 0 Å². The molecule has 0 radical (unpaired) electrons. The van der Waals surface area contributed by atoms with Gasteiger partial charge in [0.2, 0.25) is 0 Å². The zero-order valence-electron chi connectivity index (χ0n) is 9.75. The highest BCUT2D eigenvalue weighted by molar-refractivity contribution is 6.33. The van der Waals surface area contributed by atoms with Gasteiger partial charge in [0.25, 0.3) is 0 Å². The van der Waals surface area contributed by atoms with Gasteiger partial charge in [0.1, 0.15) is 0 Å². The molecule has 17 heavy (non-hydrogen) atoms. The summed E-state index contributed by atoms with van der Waals surface area (Å²) in [6.45, 7) is 0. The Morgan fingerprint density at radius 2 is 1.65 bits per heavy atom. The SMILES string of the molecule is Clc1cc(NC2CCCCCCC2)c(Cl)nn1. The van der Waals surface area contributed by atoms with Crippen LogP contribution in [-0.4, -0.2) is 16.2 Å². The highest BCUT2D eigenvalue weighted by Crippen LogP contribution is 2.25. The molecule has 0 saturated heterocycles. The third-order valence-corrected chi connectivity index (χ3v) is 3.65. The molecule has 0 spiro atoms. The molecule has 0 aromatic carbocycles. The Bertz CT molecular complexity index is 363. The molecule has 1 saturated carbocycles. The molecule has 0 aliphatic heterocycles. The van der Waals surface area contributed by atoms with E-state index in [2.05, 4.69) is 15.5 Å². The second-order valence-corrected chi connectivity index (χ2v) is 5.30. The number of hydrogen-bond acceptors (Lipinski definition) is 3. The first kappa shape index (κ1) is 12.9. The number of halogens is 2. The summed E-state index contributed by atoms with van der Waals surface area (Å²) >= 11 is 11.8. The van der Waals surface area contributed by atoms with Crippen molar-refractivity contribution in [1.29, 1.82) is 0 Å². The molecule has 1 aromatic heterocycles. The van der Waals surface area contributed by atoms with Crippen LogP contribution in [0.25, 0.3) is 0 Å². The van der Waals surface area contributed by atoms with Crippen molar-refractivity contribution in [3.05, 3.63) is 16.4 Å². The fraction of sp³-hybridized carbons (Fsp3) is 0.667. The molecule has 1 aromatic rings. The van der Waals surface area contributed by atoms with Crippen molar-refractivity contribution >= 4 is 28.9 Å². The lowest BCUT2D eigenvalue weighted by Gasteiger charge is -2.22. The molecule has 5 heteroatoms. The molecule has 0 bridgehead atoms. The van der Waals surface area contributed by atoms with Gasteiger partial charge in [0.15, 0.2) is 10.3 Å². The summed E-state index contributed by atoms with van der Waals surface area (Å²) in [6.07, 6.45) is 8.98. The molecular formula is C12H17Cl2N3. The predicted octanol–water partition coefficient (Wildman–Crippen LogP) is 4.31. The summed E-state index contributed by atoms with van der Waals surface area (Å²) in [7, 11) is 0. The van der Waals surface area contributed by atoms with E-state index < -0.39 is 0 Å². The Morgan fingerprint density at radius 3 is 2.35 bits per heavy atom. The number of anilines is 1. The Balaban J connectivity index is 2.00. The normalized spacial score (nSPS) is 18.5. The van der Waals surface area contributed by atoms with E-state index in [-0.39, 0.29) is 0 Å². The van der Waals surface area contributed by atoms with Crippen molar-refractivity contribution < 1.29 is 0 Å². The zero-order valence-corrected chi connectivity index (χ0v) is 11.3. The minimum atomic E-state index is 0.378. The van der Waals surface area contributed by atoms with E-state index in [4.69, 9.17) is 23.2 Å². The second-order valence-electron chi connectivity index (χ2n) is 4.56. The van der Waals surface area contributed by atoms with Crippen LogP contribution in [0.3, 0.4) is 0 Å². The van der Waals surface area contributed by atoms with Gasteiger partial charge in [-0.05, 0) is 12.8 Å². The van der Waals surface area contributed by atoms with Gasteiger partial charge in [-0.2, -0.15) is 0 Å². The van der Waals surface area contributed by atoms with Crippen LogP contribution in [0.1, 0.15) is 44.9 Å². The Kier molecular flexibility index (Phi) is 4.86. The standard InChI is InChI=1S/C12H17Cl2N3/c13-11-8-10(12(14)17-16-11)15-9-6-4-2-1-3-5-7-9/h8-9H,1-7H2,(H,15,16). The minimum absolute atomic E-state index is 0.378. The fourth-order valence-electron chi connectivity index (χ4n) is 2.27. The van der Waals surface area contributed by atoms with E-state index in [0.717, 1.165) is 5.69 Å². The van der Waals surface area contributed by atoms with Crippen LogP contribution in [0, 0.1) is 0 Å². The summed E-state index contributed by atoms with van der Waals surface area (Å²) in [6, 6.07) is 2.23. The molecule has 94 valence electrons. The molecule has 0 unspecified atom stereocenters. The van der Waals surface area contributed by atoms with Gasteiger partial charge < -0.3 is 5.32 Å². The van der Waals surface area contributed by atoms with E-state index in [1.54, 1.807) is 6.07 Å². The van der Waals surface area contributed by atoms with Crippen molar-refractivity contribution in [3.63, 3.8) is 0 Å². The monoisotopic (exact) mass is 273 g/mol. The molecule has 3 nitrogen and oxygen atoms in total. The average Bonchev–Trinajstić information content (AvgIpc) is 2.27. The molecule has 1 heterocycles. The first-order chi connectivity index (χ1) is 8.25.